The van der Waals surface area contributed by atoms with Crippen LogP contribution in [0.2, 0.25) is 0 Å². The highest BCUT2D eigenvalue weighted by molar-refractivity contribution is 4.85. The highest BCUT2D eigenvalue weighted by Gasteiger charge is 2.34. The summed E-state index contributed by atoms with van der Waals surface area (Å²) in [6.45, 7) is 7.91. The van der Waals surface area contributed by atoms with Crippen molar-refractivity contribution in [2.24, 2.45) is 29.4 Å². The van der Waals surface area contributed by atoms with Gasteiger partial charge < -0.3 is 5.73 Å². The molecular weight excluding hydrogens is 170 g/mol. The van der Waals surface area contributed by atoms with Crippen LogP contribution in [0.5, 0.6) is 0 Å². The van der Waals surface area contributed by atoms with Gasteiger partial charge in [-0.25, -0.2) is 0 Å². The van der Waals surface area contributed by atoms with E-state index in [2.05, 4.69) is 20.8 Å². The molecule has 0 aromatic heterocycles. The van der Waals surface area contributed by atoms with Crippen molar-refractivity contribution in [3.8, 4) is 0 Å². The standard InChI is InChI=1S/C13H27N/c1-4-10-7-11(5-2)13(9-14)12(6-3)8-10/h10-13H,4-9,14H2,1-3H3. The first kappa shape index (κ1) is 12.0. The first-order valence-corrected chi connectivity index (χ1v) is 6.46. The second-order valence-electron chi connectivity index (χ2n) is 4.98. The van der Waals surface area contributed by atoms with Gasteiger partial charge in [-0.1, -0.05) is 40.0 Å². The fourth-order valence-electron chi connectivity index (χ4n) is 3.34. The zero-order chi connectivity index (χ0) is 10.6. The van der Waals surface area contributed by atoms with Gasteiger partial charge in [0.15, 0.2) is 0 Å². The zero-order valence-electron chi connectivity index (χ0n) is 10.1. The maximum absolute atomic E-state index is 5.92. The molecule has 0 amide bonds. The van der Waals surface area contributed by atoms with Crippen LogP contribution in [0.3, 0.4) is 0 Å². The molecule has 0 radical (unpaired) electrons. The molecule has 14 heavy (non-hydrogen) atoms. The van der Waals surface area contributed by atoms with Crippen LogP contribution in [0.25, 0.3) is 0 Å². The number of hydrogen-bond acceptors (Lipinski definition) is 1. The van der Waals surface area contributed by atoms with E-state index in [0.717, 1.165) is 30.2 Å². The largest absolute Gasteiger partial charge is 0.330 e. The lowest BCUT2D eigenvalue weighted by molar-refractivity contribution is 0.102. The van der Waals surface area contributed by atoms with Crippen molar-refractivity contribution in [1.29, 1.82) is 0 Å². The third-order valence-electron chi connectivity index (χ3n) is 4.38. The molecule has 0 aliphatic heterocycles. The Balaban J connectivity index is 2.63. The Labute approximate surface area is 89.5 Å². The van der Waals surface area contributed by atoms with Crippen LogP contribution in [-0.4, -0.2) is 6.54 Å². The van der Waals surface area contributed by atoms with Crippen LogP contribution < -0.4 is 5.73 Å². The van der Waals surface area contributed by atoms with Gasteiger partial charge >= 0.3 is 0 Å². The lowest BCUT2D eigenvalue weighted by Crippen LogP contribution is -2.36. The molecule has 1 heteroatoms. The average molecular weight is 197 g/mol. The lowest BCUT2D eigenvalue weighted by atomic mass is 9.65. The highest BCUT2D eigenvalue weighted by Crippen LogP contribution is 2.41. The van der Waals surface area contributed by atoms with E-state index < -0.39 is 0 Å². The first-order chi connectivity index (χ1) is 6.76. The zero-order valence-corrected chi connectivity index (χ0v) is 10.1. The topological polar surface area (TPSA) is 26.0 Å². The molecule has 0 aromatic rings. The molecule has 0 bridgehead atoms. The van der Waals surface area contributed by atoms with Crippen LogP contribution >= 0.6 is 0 Å². The molecule has 0 spiro atoms. The minimum Gasteiger partial charge on any atom is -0.330 e. The van der Waals surface area contributed by atoms with E-state index in [9.17, 15) is 0 Å². The Morgan fingerprint density at radius 1 is 0.929 bits per heavy atom. The van der Waals surface area contributed by atoms with Crippen LogP contribution in [0.15, 0.2) is 0 Å². The third-order valence-corrected chi connectivity index (χ3v) is 4.38. The highest BCUT2D eigenvalue weighted by atomic mass is 14.6. The fourth-order valence-corrected chi connectivity index (χ4v) is 3.34. The van der Waals surface area contributed by atoms with Gasteiger partial charge in [0.2, 0.25) is 0 Å². The van der Waals surface area contributed by atoms with Crippen LogP contribution in [0, 0.1) is 23.7 Å². The summed E-state index contributed by atoms with van der Waals surface area (Å²) in [5, 5.41) is 0. The summed E-state index contributed by atoms with van der Waals surface area (Å²) >= 11 is 0. The minimum absolute atomic E-state index is 0.813. The number of nitrogens with two attached hydrogens (primary N) is 1. The Bertz CT molecular complexity index is 141. The smallest absolute Gasteiger partial charge is 0.00436 e. The van der Waals surface area contributed by atoms with E-state index in [-0.39, 0.29) is 0 Å². The molecule has 1 rings (SSSR count). The average Bonchev–Trinajstić information content (AvgIpc) is 2.26. The molecule has 84 valence electrons. The van der Waals surface area contributed by atoms with Crippen LogP contribution in [0.1, 0.15) is 52.9 Å². The van der Waals surface area contributed by atoms with E-state index in [0.29, 0.717) is 0 Å². The summed E-state index contributed by atoms with van der Waals surface area (Å²) in [5.41, 5.74) is 5.92. The molecule has 2 N–H and O–H groups in total. The normalized spacial score (nSPS) is 38.6. The molecule has 1 nitrogen and oxygen atoms in total. The molecule has 0 heterocycles. The second kappa shape index (κ2) is 5.75. The molecule has 0 aromatic carbocycles. The van der Waals surface area contributed by atoms with Gasteiger partial charge in [0.05, 0.1) is 0 Å². The summed E-state index contributed by atoms with van der Waals surface area (Å²) < 4.78 is 0. The van der Waals surface area contributed by atoms with E-state index in [1.54, 1.807) is 0 Å². The van der Waals surface area contributed by atoms with E-state index in [4.69, 9.17) is 5.73 Å². The van der Waals surface area contributed by atoms with Gasteiger partial charge in [-0.2, -0.15) is 0 Å². The molecule has 2 unspecified atom stereocenters. The molecule has 1 saturated carbocycles. The molecular formula is C13H27N. The quantitative estimate of drug-likeness (QED) is 0.734. The van der Waals surface area contributed by atoms with Gasteiger partial charge in [0.25, 0.3) is 0 Å². The summed E-state index contributed by atoms with van der Waals surface area (Å²) in [7, 11) is 0. The van der Waals surface area contributed by atoms with Crippen molar-refractivity contribution in [1.82, 2.24) is 0 Å². The predicted octanol–water partition coefficient (Wildman–Crippen LogP) is 3.43. The maximum atomic E-state index is 5.92. The minimum atomic E-state index is 0.813. The van der Waals surface area contributed by atoms with Gasteiger partial charge in [-0.15, -0.1) is 0 Å². The predicted molar refractivity (Wildman–Crippen MR) is 63.1 cm³/mol. The van der Waals surface area contributed by atoms with Gasteiger partial charge in [-0.05, 0) is 43.1 Å². The Hall–Kier alpha value is -0.0400. The fraction of sp³-hybridized carbons (Fsp3) is 1.00. The molecule has 2 atom stereocenters. The first-order valence-electron chi connectivity index (χ1n) is 6.46. The summed E-state index contributed by atoms with van der Waals surface area (Å²) in [6, 6.07) is 0. The molecule has 1 aliphatic carbocycles. The van der Waals surface area contributed by atoms with Crippen molar-refractivity contribution >= 4 is 0 Å². The summed E-state index contributed by atoms with van der Waals surface area (Å²) in [6.07, 6.45) is 6.89. The number of rotatable bonds is 4. The van der Waals surface area contributed by atoms with Crippen LogP contribution in [-0.2, 0) is 0 Å². The molecule has 0 saturated heterocycles. The van der Waals surface area contributed by atoms with Gasteiger partial charge in [-0.3, -0.25) is 0 Å². The monoisotopic (exact) mass is 197 g/mol. The van der Waals surface area contributed by atoms with E-state index in [1.807, 2.05) is 0 Å². The summed E-state index contributed by atoms with van der Waals surface area (Å²) in [5.74, 6) is 3.60. The number of hydrogen-bond donors (Lipinski definition) is 1. The second-order valence-corrected chi connectivity index (χ2v) is 4.98. The third kappa shape index (κ3) is 2.50. The maximum Gasteiger partial charge on any atom is -0.00436 e. The summed E-state index contributed by atoms with van der Waals surface area (Å²) in [4.78, 5) is 0. The Kier molecular flexibility index (Phi) is 4.94. The van der Waals surface area contributed by atoms with E-state index >= 15 is 0 Å². The lowest BCUT2D eigenvalue weighted by Gasteiger charge is -2.41. The van der Waals surface area contributed by atoms with E-state index in [1.165, 1.54) is 32.1 Å². The van der Waals surface area contributed by atoms with Crippen molar-refractivity contribution in [3.05, 3.63) is 0 Å². The molecule has 1 fully saturated rings. The SMILES string of the molecule is CCC1CC(CC)C(CN)C(CC)C1. The van der Waals surface area contributed by atoms with Crippen molar-refractivity contribution in [2.45, 2.75) is 52.9 Å². The Morgan fingerprint density at radius 3 is 1.71 bits per heavy atom. The molecule has 1 aliphatic rings. The van der Waals surface area contributed by atoms with Gasteiger partial charge in [0.1, 0.15) is 0 Å². The Morgan fingerprint density at radius 2 is 1.43 bits per heavy atom. The van der Waals surface area contributed by atoms with Crippen molar-refractivity contribution in [2.75, 3.05) is 6.54 Å². The van der Waals surface area contributed by atoms with Crippen molar-refractivity contribution in [3.63, 3.8) is 0 Å². The van der Waals surface area contributed by atoms with Gasteiger partial charge in [0, 0.05) is 0 Å². The van der Waals surface area contributed by atoms with Crippen LogP contribution in [0.4, 0.5) is 0 Å². The van der Waals surface area contributed by atoms with Crippen molar-refractivity contribution < 1.29 is 0 Å².